The van der Waals surface area contributed by atoms with Gasteiger partial charge in [-0.2, -0.15) is 0 Å². The average molecular weight is 454 g/mol. The SMILES string of the molecule is O=C(Cc1ccc(N(Cc2cccc(F)c2)C(=O)C2CC2)cc1)NCCCN1CCOCC1. The standard InChI is InChI=1S/C26H32FN3O3/c27-23-4-1-3-21(17-23)19-30(26(32)22-7-8-22)24-9-5-20(6-10-24)18-25(31)28-11-2-12-29-13-15-33-16-14-29/h1,3-6,9-10,17,22H,2,7-8,11-16,18-19H2,(H,28,31). The normalized spacial score (nSPS) is 16.4. The van der Waals surface area contributed by atoms with Gasteiger partial charge in [0.05, 0.1) is 26.2 Å². The summed E-state index contributed by atoms with van der Waals surface area (Å²) in [6.07, 6.45) is 3.03. The molecule has 1 saturated heterocycles. The van der Waals surface area contributed by atoms with E-state index in [1.54, 1.807) is 11.0 Å². The van der Waals surface area contributed by atoms with E-state index in [0.717, 1.165) is 68.9 Å². The Morgan fingerprint density at radius 2 is 1.82 bits per heavy atom. The van der Waals surface area contributed by atoms with Crippen LogP contribution in [0.5, 0.6) is 0 Å². The van der Waals surface area contributed by atoms with Crippen LogP contribution in [-0.2, 0) is 27.3 Å². The number of rotatable bonds is 10. The molecule has 0 atom stereocenters. The molecule has 7 heteroatoms. The number of halogens is 1. The molecule has 1 aliphatic heterocycles. The van der Waals surface area contributed by atoms with Gasteiger partial charge in [0.2, 0.25) is 11.8 Å². The highest BCUT2D eigenvalue weighted by Gasteiger charge is 2.34. The van der Waals surface area contributed by atoms with Crippen LogP contribution in [0.2, 0.25) is 0 Å². The molecule has 1 aliphatic carbocycles. The lowest BCUT2D eigenvalue weighted by atomic mass is 10.1. The topological polar surface area (TPSA) is 61.9 Å². The van der Waals surface area contributed by atoms with E-state index in [2.05, 4.69) is 10.2 Å². The highest BCUT2D eigenvalue weighted by Crippen LogP contribution is 2.33. The fourth-order valence-corrected chi connectivity index (χ4v) is 4.06. The first-order chi connectivity index (χ1) is 16.1. The van der Waals surface area contributed by atoms with E-state index in [-0.39, 0.29) is 23.5 Å². The molecule has 6 nitrogen and oxygen atoms in total. The third-order valence-electron chi connectivity index (χ3n) is 6.11. The van der Waals surface area contributed by atoms with Crippen molar-refractivity contribution >= 4 is 17.5 Å². The highest BCUT2D eigenvalue weighted by atomic mass is 19.1. The Morgan fingerprint density at radius 3 is 2.52 bits per heavy atom. The minimum absolute atomic E-state index is 0.00426. The zero-order valence-electron chi connectivity index (χ0n) is 19.0. The molecule has 1 heterocycles. The van der Waals surface area contributed by atoms with Crippen molar-refractivity contribution in [2.75, 3.05) is 44.3 Å². The highest BCUT2D eigenvalue weighted by molar-refractivity contribution is 5.96. The molecule has 1 saturated carbocycles. The van der Waals surface area contributed by atoms with Crippen LogP contribution in [0.3, 0.4) is 0 Å². The molecule has 2 amide bonds. The van der Waals surface area contributed by atoms with Crippen LogP contribution >= 0.6 is 0 Å². The number of amides is 2. The lowest BCUT2D eigenvalue weighted by Gasteiger charge is -2.26. The van der Waals surface area contributed by atoms with E-state index in [0.29, 0.717) is 19.5 Å². The van der Waals surface area contributed by atoms with Gasteiger partial charge in [0.25, 0.3) is 0 Å². The summed E-state index contributed by atoms with van der Waals surface area (Å²) >= 11 is 0. The maximum atomic E-state index is 13.6. The summed E-state index contributed by atoms with van der Waals surface area (Å²) in [5, 5.41) is 2.99. The van der Waals surface area contributed by atoms with Gasteiger partial charge in [0, 0.05) is 31.2 Å². The maximum absolute atomic E-state index is 13.6. The van der Waals surface area contributed by atoms with Crippen molar-refractivity contribution in [3.63, 3.8) is 0 Å². The second-order valence-electron chi connectivity index (χ2n) is 8.83. The Labute approximate surface area is 194 Å². The van der Waals surface area contributed by atoms with Crippen molar-refractivity contribution in [3.05, 3.63) is 65.5 Å². The fourth-order valence-electron chi connectivity index (χ4n) is 4.06. The minimum atomic E-state index is -0.308. The molecule has 2 aromatic carbocycles. The predicted octanol–water partition coefficient (Wildman–Crippen LogP) is 3.15. The minimum Gasteiger partial charge on any atom is -0.379 e. The Bertz CT molecular complexity index is 940. The van der Waals surface area contributed by atoms with E-state index in [1.165, 1.54) is 12.1 Å². The molecule has 2 aromatic rings. The molecule has 176 valence electrons. The zero-order valence-corrected chi connectivity index (χ0v) is 19.0. The van der Waals surface area contributed by atoms with Gasteiger partial charge in [-0.1, -0.05) is 24.3 Å². The first kappa shape index (κ1) is 23.4. The van der Waals surface area contributed by atoms with E-state index in [9.17, 15) is 14.0 Å². The third kappa shape index (κ3) is 7.11. The quantitative estimate of drug-likeness (QED) is 0.562. The summed E-state index contributed by atoms with van der Waals surface area (Å²) < 4.78 is 19.0. The Morgan fingerprint density at radius 1 is 1.06 bits per heavy atom. The number of carbonyl (C=O) groups is 2. The summed E-state index contributed by atoms with van der Waals surface area (Å²) in [5.41, 5.74) is 2.42. The van der Waals surface area contributed by atoms with Crippen molar-refractivity contribution in [2.24, 2.45) is 5.92 Å². The monoisotopic (exact) mass is 453 g/mol. The summed E-state index contributed by atoms with van der Waals surface area (Å²) in [5.74, 6) is -0.181. The van der Waals surface area contributed by atoms with E-state index < -0.39 is 0 Å². The van der Waals surface area contributed by atoms with Crippen molar-refractivity contribution < 1.29 is 18.7 Å². The van der Waals surface area contributed by atoms with Crippen LogP contribution in [0, 0.1) is 11.7 Å². The van der Waals surface area contributed by atoms with Crippen molar-refractivity contribution in [1.82, 2.24) is 10.2 Å². The molecule has 2 aliphatic rings. The Hall–Kier alpha value is -2.77. The largest absolute Gasteiger partial charge is 0.379 e. The second-order valence-corrected chi connectivity index (χ2v) is 8.83. The number of hydrogen-bond acceptors (Lipinski definition) is 4. The van der Waals surface area contributed by atoms with Gasteiger partial charge in [-0.3, -0.25) is 14.5 Å². The number of morpholine rings is 1. The summed E-state index contributed by atoms with van der Waals surface area (Å²) in [7, 11) is 0. The lowest BCUT2D eigenvalue weighted by Crippen LogP contribution is -2.38. The van der Waals surface area contributed by atoms with Crippen LogP contribution in [0.4, 0.5) is 10.1 Å². The third-order valence-corrected chi connectivity index (χ3v) is 6.11. The number of nitrogens with one attached hydrogen (secondary N) is 1. The summed E-state index contributed by atoms with van der Waals surface area (Å²) in [6.45, 7) is 5.44. The predicted molar refractivity (Wildman–Crippen MR) is 125 cm³/mol. The van der Waals surface area contributed by atoms with Crippen molar-refractivity contribution in [3.8, 4) is 0 Å². The van der Waals surface area contributed by atoms with Crippen molar-refractivity contribution in [1.29, 1.82) is 0 Å². The zero-order chi connectivity index (χ0) is 23.0. The smallest absolute Gasteiger partial charge is 0.230 e. The molecule has 0 radical (unpaired) electrons. The number of ether oxygens (including phenoxy) is 1. The van der Waals surface area contributed by atoms with E-state index >= 15 is 0 Å². The first-order valence-corrected chi connectivity index (χ1v) is 11.8. The van der Waals surface area contributed by atoms with Crippen molar-refractivity contribution in [2.45, 2.75) is 32.2 Å². The van der Waals surface area contributed by atoms with Crippen LogP contribution in [-0.4, -0.2) is 56.1 Å². The van der Waals surface area contributed by atoms with Gasteiger partial charge < -0.3 is 15.0 Å². The van der Waals surface area contributed by atoms with Crippen LogP contribution in [0.25, 0.3) is 0 Å². The van der Waals surface area contributed by atoms with Gasteiger partial charge in [0.1, 0.15) is 5.82 Å². The first-order valence-electron chi connectivity index (χ1n) is 11.8. The number of carbonyl (C=O) groups excluding carboxylic acids is 2. The van der Waals surface area contributed by atoms with Crippen LogP contribution in [0.1, 0.15) is 30.4 Å². The average Bonchev–Trinajstić information content (AvgIpc) is 3.67. The summed E-state index contributed by atoms with van der Waals surface area (Å²) in [4.78, 5) is 29.3. The fraction of sp³-hybridized carbons (Fsp3) is 0.462. The molecule has 1 N–H and O–H groups in total. The summed E-state index contributed by atoms with van der Waals surface area (Å²) in [6, 6.07) is 13.9. The molecular formula is C26H32FN3O3. The van der Waals surface area contributed by atoms with E-state index in [4.69, 9.17) is 4.74 Å². The lowest BCUT2D eigenvalue weighted by molar-refractivity contribution is -0.121. The van der Waals surface area contributed by atoms with Gasteiger partial charge in [-0.15, -0.1) is 0 Å². The molecule has 0 unspecified atom stereocenters. The van der Waals surface area contributed by atoms with Gasteiger partial charge in [-0.05, 0) is 61.2 Å². The van der Waals surface area contributed by atoms with Crippen LogP contribution < -0.4 is 10.2 Å². The number of nitrogens with zero attached hydrogens (tertiary/aromatic N) is 2. The number of hydrogen-bond donors (Lipinski definition) is 1. The molecular weight excluding hydrogens is 421 g/mol. The maximum Gasteiger partial charge on any atom is 0.230 e. The molecule has 0 bridgehead atoms. The van der Waals surface area contributed by atoms with Gasteiger partial charge in [0.15, 0.2) is 0 Å². The number of benzene rings is 2. The van der Waals surface area contributed by atoms with Gasteiger partial charge in [-0.25, -0.2) is 4.39 Å². The Balaban J connectivity index is 1.29. The molecule has 0 spiro atoms. The molecule has 4 rings (SSSR count). The number of anilines is 1. The molecule has 33 heavy (non-hydrogen) atoms. The molecule has 2 fully saturated rings. The second kappa shape index (κ2) is 11.4. The van der Waals surface area contributed by atoms with E-state index in [1.807, 2.05) is 30.3 Å². The van der Waals surface area contributed by atoms with Gasteiger partial charge >= 0.3 is 0 Å². The Kier molecular flexibility index (Phi) is 8.07. The molecule has 0 aromatic heterocycles. The van der Waals surface area contributed by atoms with Crippen LogP contribution in [0.15, 0.2) is 48.5 Å².